The van der Waals surface area contributed by atoms with Crippen molar-refractivity contribution >= 4 is 16.7 Å². The van der Waals surface area contributed by atoms with Gasteiger partial charge in [0.2, 0.25) is 5.89 Å². The number of hydrogen-bond donors (Lipinski definition) is 0. The summed E-state index contributed by atoms with van der Waals surface area (Å²) in [6.07, 6.45) is 11.9. The van der Waals surface area contributed by atoms with E-state index in [1.165, 1.54) is 22.0 Å². The molecule has 6 rings (SSSR count). The second kappa shape index (κ2) is 6.76. The Morgan fingerprint density at radius 1 is 1.28 bits per heavy atom. The maximum Gasteiger partial charge on any atom is 0.280 e. The summed E-state index contributed by atoms with van der Waals surface area (Å²) in [5.41, 5.74) is 5.35. The molecule has 2 aliphatic rings. The van der Waals surface area contributed by atoms with Crippen LogP contribution in [0.5, 0.6) is 0 Å². The maximum absolute atomic E-state index is 12.7. The smallest absolute Gasteiger partial charge is 0.280 e. The normalized spacial score (nSPS) is 21.4. The largest absolute Gasteiger partial charge is 0.337 e. The summed E-state index contributed by atoms with van der Waals surface area (Å²) < 4.78 is 8.59. The number of aryl methyl sites for hydroxylation is 2. The minimum absolute atomic E-state index is 0.184. The molecule has 1 fully saturated rings. The Morgan fingerprint density at radius 2 is 2.12 bits per heavy atom. The fourth-order valence-corrected chi connectivity index (χ4v) is 4.85. The standard InChI is InChI=1S/C24H20N6O2/c1-4-14-5-6-15(7-13(14)2)16-8-17-18(9-16)20(17)22-27-19(32-28-22)10-30-12-26-23-21(24(30)31)29(3)11-25-23/h1,5-8,11-12,17-18,20H,9-10H2,2-3H3. The Balaban J connectivity index is 1.19. The predicted octanol–water partition coefficient (Wildman–Crippen LogP) is 2.67. The number of terminal acetylenes is 1. The molecule has 8 nitrogen and oxygen atoms in total. The molecule has 0 radical (unpaired) electrons. The molecule has 0 aliphatic heterocycles. The van der Waals surface area contributed by atoms with E-state index in [-0.39, 0.29) is 18.0 Å². The number of benzene rings is 1. The SMILES string of the molecule is C#Cc1ccc(C2=CC3C(C2)C3c2noc(Cn3cnc4ncn(C)c4c3=O)n2)cc1C. The van der Waals surface area contributed by atoms with E-state index in [4.69, 9.17) is 10.9 Å². The van der Waals surface area contributed by atoms with Crippen molar-refractivity contribution in [3.8, 4) is 12.3 Å². The summed E-state index contributed by atoms with van der Waals surface area (Å²) in [5, 5.41) is 4.20. The molecule has 3 atom stereocenters. The second-order valence-corrected chi connectivity index (χ2v) is 8.59. The van der Waals surface area contributed by atoms with Crippen molar-refractivity contribution in [2.24, 2.45) is 18.9 Å². The molecule has 0 bridgehead atoms. The molecule has 0 saturated heterocycles. The quantitative estimate of drug-likeness (QED) is 0.468. The minimum Gasteiger partial charge on any atom is -0.337 e. The van der Waals surface area contributed by atoms with Gasteiger partial charge in [-0.25, -0.2) is 9.97 Å². The van der Waals surface area contributed by atoms with E-state index in [1.807, 2.05) is 13.0 Å². The average molecular weight is 424 g/mol. The van der Waals surface area contributed by atoms with Gasteiger partial charge >= 0.3 is 0 Å². The van der Waals surface area contributed by atoms with Gasteiger partial charge in [-0.3, -0.25) is 9.36 Å². The third-order valence-corrected chi connectivity index (χ3v) is 6.62. The van der Waals surface area contributed by atoms with E-state index in [0.29, 0.717) is 34.7 Å². The van der Waals surface area contributed by atoms with Crippen LogP contribution in [0.15, 0.2) is 46.2 Å². The van der Waals surface area contributed by atoms with Gasteiger partial charge in [-0.15, -0.1) is 6.42 Å². The van der Waals surface area contributed by atoms with Crippen molar-refractivity contribution < 1.29 is 4.52 Å². The zero-order chi connectivity index (χ0) is 22.0. The predicted molar refractivity (Wildman–Crippen MR) is 118 cm³/mol. The molecule has 158 valence electrons. The molecular weight excluding hydrogens is 404 g/mol. The van der Waals surface area contributed by atoms with Crippen molar-refractivity contribution in [3.05, 3.63) is 75.7 Å². The highest BCUT2D eigenvalue weighted by Crippen LogP contribution is 2.62. The molecule has 2 aliphatic carbocycles. The first kappa shape index (κ1) is 18.8. The summed E-state index contributed by atoms with van der Waals surface area (Å²) in [6.45, 7) is 2.23. The molecule has 1 saturated carbocycles. The van der Waals surface area contributed by atoms with Crippen LogP contribution in [0.2, 0.25) is 0 Å². The first-order chi connectivity index (χ1) is 15.5. The monoisotopic (exact) mass is 424 g/mol. The topological polar surface area (TPSA) is 91.6 Å². The first-order valence-corrected chi connectivity index (χ1v) is 10.5. The molecule has 3 heterocycles. The van der Waals surface area contributed by atoms with Gasteiger partial charge in [-0.2, -0.15) is 4.98 Å². The summed E-state index contributed by atoms with van der Waals surface area (Å²) in [7, 11) is 1.77. The highest BCUT2D eigenvalue weighted by Gasteiger charge is 2.55. The Hall–Kier alpha value is -3.99. The lowest BCUT2D eigenvalue weighted by Crippen LogP contribution is -2.22. The molecule has 4 aromatic rings. The van der Waals surface area contributed by atoms with Gasteiger partial charge in [-0.05, 0) is 47.9 Å². The van der Waals surface area contributed by atoms with Crippen LogP contribution in [-0.2, 0) is 13.6 Å². The van der Waals surface area contributed by atoms with Crippen molar-refractivity contribution in [2.75, 3.05) is 0 Å². The fourth-order valence-electron chi connectivity index (χ4n) is 4.85. The molecule has 8 heteroatoms. The maximum atomic E-state index is 12.7. The lowest BCUT2D eigenvalue weighted by atomic mass is 9.97. The third-order valence-electron chi connectivity index (χ3n) is 6.62. The fraction of sp³-hybridized carbons (Fsp3) is 0.292. The van der Waals surface area contributed by atoms with E-state index >= 15 is 0 Å². The molecule has 3 aromatic heterocycles. The van der Waals surface area contributed by atoms with Gasteiger partial charge in [0.1, 0.15) is 12.9 Å². The van der Waals surface area contributed by atoms with Crippen LogP contribution in [0.25, 0.3) is 16.7 Å². The zero-order valence-electron chi connectivity index (χ0n) is 17.7. The molecule has 0 spiro atoms. The Bertz CT molecular complexity index is 1520. The van der Waals surface area contributed by atoms with E-state index in [0.717, 1.165) is 17.5 Å². The van der Waals surface area contributed by atoms with Crippen molar-refractivity contribution in [2.45, 2.75) is 25.8 Å². The van der Waals surface area contributed by atoms with Crippen molar-refractivity contribution in [1.29, 1.82) is 0 Å². The Kier molecular flexibility index (Phi) is 3.96. The number of allylic oxidation sites excluding steroid dienone is 2. The highest BCUT2D eigenvalue weighted by atomic mass is 16.5. The van der Waals surface area contributed by atoms with Crippen LogP contribution in [-0.4, -0.2) is 29.2 Å². The highest BCUT2D eigenvalue weighted by molar-refractivity contribution is 5.72. The lowest BCUT2D eigenvalue weighted by Gasteiger charge is -2.08. The summed E-state index contributed by atoms with van der Waals surface area (Å²) in [5.74, 6) is 5.04. The summed E-state index contributed by atoms with van der Waals surface area (Å²) in [6, 6.07) is 6.28. The van der Waals surface area contributed by atoms with Crippen molar-refractivity contribution in [3.63, 3.8) is 0 Å². The molecule has 0 N–H and O–H groups in total. The number of imidazole rings is 1. The van der Waals surface area contributed by atoms with Gasteiger partial charge in [0.25, 0.3) is 5.56 Å². The number of rotatable bonds is 4. The van der Waals surface area contributed by atoms with Crippen molar-refractivity contribution in [1.82, 2.24) is 29.2 Å². The van der Waals surface area contributed by atoms with Gasteiger partial charge in [0, 0.05) is 18.5 Å². The van der Waals surface area contributed by atoms with Crippen LogP contribution >= 0.6 is 0 Å². The number of aromatic nitrogens is 6. The second-order valence-electron chi connectivity index (χ2n) is 8.59. The summed E-state index contributed by atoms with van der Waals surface area (Å²) in [4.78, 5) is 25.6. The van der Waals surface area contributed by atoms with Crippen LogP contribution in [0.3, 0.4) is 0 Å². The molecule has 0 amide bonds. The number of fused-ring (bicyclic) bond motifs is 2. The van der Waals surface area contributed by atoms with Crippen LogP contribution < -0.4 is 5.56 Å². The van der Waals surface area contributed by atoms with E-state index in [2.05, 4.69) is 44.2 Å². The zero-order valence-corrected chi connectivity index (χ0v) is 17.7. The van der Waals surface area contributed by atoms with Gasteiger partial charge < -0.3 is 9.09 Å². The average Bonchev–Trinajstić information content (AvgIpc) is 3.21. The molecule has 1 aromatic carbocycles. The Labute approximate surface area is 183 Å². The third kappa shape index (κ3) is 2.82. The Morgan fingerprint density at radius 3 is 2.88 bits per heavy atom. The molecular formula is C24H20N6O2. The van der Waals surface area contributed by atoms with E-state index in [9.17, 15) is 4.79 Å². The van der Waals surface area contributed by atoms with Crippen LogP contribution in [0, 0.1) is 31.1 Å². The first-order valence-electron chi connectivity index (χ1n) is 10.5. The van der Waals surface area contributed by atoms with Crippen LogP contribution in [0.4, 0.5) is 0 Å². The van der Waals surface area contributed by atoms with Gasteiger partial charge in [0.15, 0.2) is 17.0 Å². The van der Waals surface area contributed by atoms with E-state index < -0.39 is 0 Å². The molecule has 32 heavy (non-hydrogen) atoms. The van der Waals surface area contributed by atoms with Crippen LogP contribution in [0.1, 0.15) is 40.7 Å². The summed E-state index contributed by atoms with van der Waals surface area (Å²) >= 11 is 0. The van der Waals surface area contributed by atoms with Gasteiger partial charge in [0.05, 0.1) is 6.33 Å². The van der Waals surface area contributed by atoms with E-state index in [1.54, 1.807) is 17.9 Å². The number of hydrogen-bond acceptors (Lipinski definition) is 6. The number of nitrogens with zero attached hydrogens (tertiary/aromatic N) is 6. The lowest BCUT2D eigenvalue weighted by molar-refractivity contribution is 0.364. The minimum atomic E-state index is -0.184. The van der Waals surface area contributed by atoms with Gasteiger partial charge in [-0.1, -0.05) is 29.3 Å². The molecule has 3 unspecified atom stereocenters.